The maximum atomic E-state index is 11.2. The lowest BCUT2D eigenvalue weighted by molar-refractivity contribution is -0.174. The van der Waals surface area contributed by atoms with Crippen LogP contribution in [0.15, 0.2) is 0 Å². The van der Waals surface area contributed by atoms with Crippen molar-refractivity contribution in [1.82, 2.24) is 4.90 Å². The highest BCUT2D eigenvalue weighted by molar-refractivity contribution is 5.69. The van der Waals surface area contributed by atoms with Gasteiger partial charge in [-0.2, -0.15) is 0 Å². The van der Waals surface area contributed by atoms with E-state index in [1.165, 1.54) is 0 Å². The SMILES string of the molecule is CCOC(=O)CCN(C)[C@H]1C[C@@H](C)O[C@@H](O)C1. The first kappa shape index (κ1) is 14.4. The number of hydrogen-bond acceptors (Lipinski definition) is 5. The fraction of sp³-hybridized carbons (Fsp3) is 0.917. The minimum Gasteiger partial charge on any atom is -0.466 e. The Morgan fingerprint density at radius 3 is 2.82 bits per heavy atom. The molecule has 1 N–H and O–H groups in total. The largest absolute Gasteiger partial charge is 0.466 e. The van der Waals surface area contributed by atoms with Crippen molar-refractivity contribution in [2.45, 2.75) is 51.5 Å². The molecule has 0 aromatic heterocycles. The first-order valence-electron chi connectivity index (χ1n) is 6.22. The molecule has 1 rings (SSSR count). The molecule has 0 bridgehead atoms. The molecular weight excluding hydrogens is 222 g/mol. The summed E-state index contributed by atoms with van der Waals surface area (Å²) in [4.78, 5) is 13.3. The van der Waals surface area contributed by atoms with Gasteiger partial charge in [0.2, 0.25) is 0 Å². The number of ether oxygens (including phenoxy) is 2. The number of nitrogens with zero attached hydrogens (tertiary/aromatic N) is 1. The lowest BCUT2D eigenvalue weighted by Crippen LogP contribution is -2.43. The molecule has 0 unspecified atom stereocenters. The number of carbonyl (C=O) groups is 1. The third-order valence-electron chi connectivity index (χ3n) is 3.06. The van der Waals surface area contributed by atoms with Gasteiger partial charge in [-0.1, -0.05) is 0 Å². The Hall–Kier alpha value is -0.650. The van der Waals surface area contributed by atoms with Gasteiger partial charge in [-0.05, 0) is 27.3 Å². The summed E-state index contributed by atoms with van der Waals surface area (Å²) >= 11 is 0. The van der Waals surface area contributed by atoms with Crippen LogP contribution in [0.5, 0.6) is 0 Å². The summed E-state index contributed by atoms with van der Waals surface area (Å²) in [5.74, 6) is -0.167. The molecule has 0 aromatic carbocycles. The zero-order valence-corrected chi connectivity index (χ0v) is 10.9. The summed E-state index contributed by atoms with van der Waals surface area (Å²) in [7, 11) is 1.97. The first-order valence-corrected chi connectivity index (χ1v) is 6.22. The molecule has 0 saturated carbocycles. The van der Waals surface area contributed by atoms with E-state index in [-0.39, 0.29) is 18.1 Å². The molecule has 100 valence electrons. The van der Waals surface area contributed by atoms with E-state index in [4.69, 9.17) is 9.47 Å². The normalized spacial score (nSPS) is 29.4. The van der Waals surface area contributed by atoms with Gasteiger partial charge in [-0.3, -0.25) is 4.79 Å². The molecule has 5 nitrogen and oxygen atoms in total. The summed E-state index contributed by atoms with van der Waals surface area (Å²) in [5, 5.41) is 9.52. The Labute approximate surface area is 103 Å². The number of carbonyl (C=O) groups excluding carboxylic acids is 1. The molecule has 0 aromatic rings. The average molecular weight is 245 g/mol. The second-order valence-electron chi connectivity index (χ2n) is 4.56. The highest BCUT2D eigenvalue weighted by Gasteiger charge is 2.28. The maximum Gasteiger partial charge on any atom is 0.307 e. The van der Waals surface area contributed by atoms with E-state index in [1.54, 1.807) is 6.92 Å². The van der Waals surface area contributed by atoms with E-state index in [0.29, 0.717) is 26.0 Å². The van der Waals surface area contributed by atoms with E-state index in [9.17, 15) is 9.90 Å². The van der Waals surface area contributed by atoms with Crippen LogP contribution in [0.3, 0.4) is 0 Å². The van der Waals surface area contributed by atoms with E-state index in [1.807, 2.05) is 14.0 Å². The minimum atomic E-state index is -0.686. The van der Waals surface area contributed by atoms with Crippen LogP contribution in [-0.2, 0) is 14.3 Å². The molecule has 1 heterocycles. The van der Waals surface area contributed by atoms with Crippen LogP contribution in [-0.4, -0.2) is 54.6 Å². The van der Waals surface area contributed by atoms with Gasteiger partial charge in [0.25, 0.3) is 0 Å². The van der Waals surface area contributed by atoms with E-state index in [0.717, 1.165) is 6.42 Å². The molecule has 17 heavy (non-hydrogen) atoms. The monoisotopic (exact) mass is 245 g/mol. The zero-order chi connectivity index (χ0) is 12.8. The molecule has 1 fully saturated rings. The molecule has 1 aliphatic heterocycles. The van der Waals surface area contributed by atoms with Crippen molar-refractivity contribution in [3.05, 3.63) is 0 Å². The first-order chi connectivity index (χ1) is 8.02. The predicted octanol–water partition coefficient (Wildman–Crippen LogP) is 0.757. The number of rotatable bonds is 5. The van der Waals surface area contributed by atoms with Gasteiger partial charge in [0.05, 0.1) is 19.1 Å². The van der Waals surface area contributed by atoms with Gasteiger partial charge in [0.15, 0.2) is 6.29 Å². The Morgan fingerprint density at radius 2 is 2.24 bits per heavy atom. The molecular formula is C12H23NO4. The molecule has 0 radical (unpaired) electrons. The molecule has 5 heteroatoms. The van der Waals surface area contributed by atoms with Gasteiger partial charge in [-0.25, -0.2) is 0 Å². The molecule has 0 aliphatic carbocycles. The van der Waals surface area contributed by atoms with Crippen LogP contribution >= 0.6 is 0 Å². The molecule has 0 amide bonds. The van der Waals surface area contributed by atoms with E-state index < -0.39 is 6.29 Å². The van der Waals surface area contributed by atoms with Gasteiger partial charge >= 0.3 is 5.97 Å². The van der Waals surface area contributed by atoms with Crippen LogP contribution in [0.1, 0.15) is 33.1 Å². The number of aliphatic hydroxyl groups is 1. The smallest absolute Gasteiger partial charge is 0.307 e. The van der Waals surface area contributed by atoms with Crippen molar-refractivity contribution in [3.8, 4) is 0 Å². The van der Waals surface area contributed by atoms with Crippen molar-refractivity contribution < 1.29 is 19.4 Å². The standard InChI is InChI=1S/C12H23NO4/c1-4-16-11(14)5-6-13(3)10-7-9(2)17-12(15)8-10/h9-10,12,15H,4-8H2,1-3H3/t9-,10+,12-/m1/s1. The van der Waals surface area contributed by atoms with E-state index >= 15 is 0 Å². The summed E-state index contributed by atoms with van der Waals surface area (Å²) in [5.41, 5.74) is 0. The highest BCUT2D eigenvalue weighted by atomic mass is 16.6. The van der Waals surface area contributed by atoms with Crippen molar-refractivity contribution in [1.29, 1.82) is 0 Å². The van der Waals surface area contributed by atoms with Crippen molar-refractivity contribution in [3.63, 3.8) is 0 Å². The van der Waals surface area contributed by atoms with Crippen molar-refractivity contribution >= 4 is 5.97 Å². The molecule has 1 saturated heterocycles. The number of aliphatic hydroxyl groups excluding tert-OH is 1. The van der Waals surface area contributed by atoms with Crippen LogP contribution < -0.4 is 0 Å². The fourth-order valence-electron chi connectivity index (χ4n) is 2.13. The van der Waals surface area contributed by atoms with E-state index in [2.05, 4.69) is 4.90 Å². The summed E-state index contributed by atoms with van der Waals surface area (Å²) in [6, 6.07) is 0.267. The minimum absolute atomic E-state index is 0.0637. The third kappa shape index (κ3) is 5.02. The van der Waals surface area contributed by atoms with Gasteiger partial charge in [-0.15, -0.1) is 0 Å². The predicted molar refractivity (Wildman–Crippen MR) is 63.5 cm³/mol. The Morgan fingerprint density at radius 1 is 1.53 bits per heavy atom. The zero-order valence-electron chi connectivity index (χ0n) is 10.9. The quantitative estimate of drug-likeness (QED) is 0.725. The molecule has 1 aliphatic rings. The summed E-state index contributed by atoms with van der Waals surface area (Å²) in [6.07, 6.45) is 1.26. The highest BCUT2D eigenvalue weighted by Crippen LogP contribution is 2.21. The number of esters is 1. The Bertz CT molecular complexity index is 237. The Balaban J connectivity index is 2.31. The fourth-order valence-corrected chi connectivity index (χ4v) is 2.13. The second kappa shape index (κ2) is 6.93. The summed E-state index contributed by atoms with van der Waals surface area (Å²) in [6.45, 7) is 4.84. The van der Waals surface area contributed by atoms with Gasteiger partial charge in [0.1, 0.15) is 0 Å². The van der Waals surface area contributed by atoms with Crippen LogP contribution in [0.25, 0.3) is 0 Å². The second-order valence-corrected chi connectivity index (χ2v) is 4.56. The van der Waals surface area contributed by atoms with Crippen LogP contribution in [0.4, 0.5) is 0 Å². The maximum absolute atomic E-state index is 11.2. The van der Waals surface area contributed by atoms with Gasteiger partial charge in [0, 0.05) is 19.0 Å². The Kier molecular flexibility index (Phi) is 5.88. The van der Waals surface area contributed by atoms with Gasteiger partial charge < -0.3 is 19.5 Å². The molecule has 0 spiro atoms. The lowest BCUT2D eigenvalue weighted by Gasteiger charge is -2.36. The van der Waals surface area contributed by atoms with Crippen LogP contribution in [0, 0.1) is 0 Å². The van der Waals surface area contributed by atoms with Crippen LogP contribution in [0.2, 0.25) is 0 Å². The topological polar surface area (TPSA) is 59.0 Å². The van der Waals surface area contributed by atoms with Crippen molar-refractivity contribution in [2.75, 3.05) is 20.2 Å². The van der Waals surface area contributed by atoms with Crippen molar-refractivity contribution in [2.24, 2.45) is 0 Å². The third-order valence-corrected chi connectivity index (χ3v) is 3.06. The summed E-state index contributed by atoms with van der Waals surface area (Å²) < 4.78 is 10.2. The molecule has 3 atom stereocenters. The lowest BCUT2D eigenvalue weighted by atomic mass is 10.0. The number of hydrogen-bond donors (Lipinski definition) is 1. The average Bonchev–Trinajstić information content (AvgIpc) is 2.25.